The molecule has 11 aromatic rings. The van der Waals surface area contributed by atoms with Crippen molar-refractivity contribution in [3.8, 4) is 33.4 Å². The second-order valence-electron chi connectivity index (χ2n) is 14.1. The first kappa shape index (κ1) is 32.0. The van der Waals surface area contributed by atoms with Gasteiger partial charge in [0.05, 0.1) is 0 Å². The number of thiophene rings is 2. The second kappa shape index (κ2) is 13.1. The Morgan fingerprint density at radius 2 is 0.818 bits per heavy atom. The molecule has 11 rings (SSSR count). The van der Waals surface area contributed by atoms with Crippen LogP contribution < -0.4 is 4.90 Å². The van der Waals surface area contributed by atoms with Crippen LogP contribution >= 0.6 is 22.7 Å². The maximum Gasteiger partial charge on any atom is 0.0476 e. The van der Waals surface area contributed by atoms with E-state index < -0.39 is 0 Å². The molecule has 0 fully saturated rings. The minimum atomic E-state index is 1.12. The minimum Gasteiger partial charge on any atom is -0.310 e. The van der Waals surface area contributed by atoms with E-state index in [0.29, 0.717) is 0 Å². The quantitative estimate of drug-likeness (QED) is 0.164. The second-order valence-corrected chi connectivity index (χ2v) is 16.3. The summed E-state index contributed by atoms with van der Waals surface area (Å²) >= 11 is 3.72. The first-order chi connectivity index (χ1) is 27.2. The van der Waals surface area contributed by atoms with E-state index in [1.165, 1.54) is 84.5 Å². The van der Waals surface area contributed by atoms with Crippen LogP contribution in [0.4, 0.5) is 17.1 Å². The van der Waals surface area contributed by atoms with Crippen molar-refractivity contribution in [1.82, 2.24) is 0 Å². The van der Waals surface area contributed by atoms with Crippen molar-refractivity contribution in [2.75, 3.05) is 4.90 Å². The van der Waals surface area contributed by atoms with Gasteiger partial charge in [0.1, 0.15) is 0 Å². The number of hydrogen-bond donors (Lipinski definition) is 0. The molecule has 2 heterocycles. The molecule has 0 bridgehead atoms. The van der Waals surface area contributed by atoms with Crippen LogP contribution in [-0.2, 0) is 0 Å². The lowest BCUT2D eigenvalue weighted by atomic mass is 9.95. The van der Waals surface area contributed by atoms with E-state index in [4.69, 9.17) is 0 Å². The summed E-state index contributed by atoms with van der Waals surface area (Å²) < 4.78 is 5.26. The zero-order valence-corrected chi connectivity index (χ0v) is 31.4. The van der Waals surface area contributed by atoms with Crippen molar-refractivity contribution < 1.29 is 0 Å². The van der Waals surface area contributed by atoms with Gasteiger partial charge >= 0.3 is 0 Å². The highest BCUT2D eigenvalue weighted by atomic mass is 32.1. The van der Waals surface area contributed by atoms with Crippen LogP contribution in [0, 0.1) is 0 Å². The van der Waals surface area contributed by atoms with Crippen LogP contribution in [0.15, 0.2) is 200 Å². The third-order valence-corrected chi connectivity index (χ3v) is 13.1. The molecule has 0 aliphatic rings. The van der Waals surface area contributed by atoms with Gasteiger partial charge in [0, 0.05) is 57.4 Å². The standard InChI is InChI=1S/C52H33NS2/c1-2-16-43-35(10-1)11-9-19-44(43)39-14-7-12-36(30-39)37-13-8-15-41(31-37)53(42-27-28-47-45-17-3-5-20-49(45)55-52(47)33-42)40-25-22-34(23-26-40)38-24-29-51-48(32-38)46-18-4-6-21-50(46)54-51/h1-33H. The summed E-state index contributed by atoms with van der Waals surface area (Å²) in [5.74, 6) is 0. The molecule has 0 aliphatic heterocycles. The Bertz CT molecular complexity index is 3220. The molecule has 0 radical (unpaired) electrons. The molecule has 0 saturated heterocycles. The molecule has 258 valence electrons. The lowest BCUT2D eigenvalue weighted by molar-refractivity contribution is 1.29. The fourth-order valence-electron chi connectivity index (χ4n) is 8.18. The number of benzene rings is 9. The number of rotatable bonds is 6. The number of nitrogens with zero attached hydrogens (tertiary/aromatic N) is 1. The van der Waals surface area contributed by atoms with Crippen molar-refractivity contribution >= 4 is 90.9 Å². The summed E-state index contributed by atoms with van der Waals surface area (Å²) in [6, 6.07) is 73.5. The Morgan fingerprint density at radius 1 is 0.273 bits per heavy atom. The zero-order valence-electron chi connectivity index (χ0n) is 29.8. The van der Waals surface area contributed by atoms with Gasteiger partial charge in [-0.25, -0.2) is 0 Å². The third-order valence-electron chi connectivity index (χ3n) is 10.9. The average molecular weight is 736 g/mol. The normalized spacial score (nSPS) is 11.6. The summed E-state index contributed by atoms with van der Waals surface area (Å²) in [5, 5.41) is 7.78. The van der Waals surface area contributed by atoms with Crippen molar-refractivity contribution in [2.45, 2.75) is 0 Å². The highest BCUT2D eigenvalue weighted by Crippen LogP contribution is 2.43. The van der Waals surface area contributed by atoms with Gasteiger partial charge in [0.15, 0.2) is 0 Å². The van der Waals surface area contributed by atoms with E-state index in [-0.39, 0.29) is 0 Å². The van der Waals surface area contributed by atoms with E-state index in [1.807, 2.05) is 22.7 Å². The largest absolute Gasteiger partial charge is 0.310 e. The predicted octanol–water partition coefficient (Wildman–Crippen LogP) is 16.0. The van der Waals surface area contributed by atoms with Gasteiger partial charge in [-0.15, -0.1) is 22.7 Å². The van der Waals surface area contributed by atoms with E-state index in [9.17, 15) is 0 Å². The van der Waals surface area contributed by atoms with Crippen LogP contribution in [0.5, 0.6) is 0 Å². The van der Waals surface area contributed by atoms with Gasteiger partial charge in [-0.05, 0) is 111 Å². The van der Waals surface area contributed by atoms with Crippen molar-refractivity contribution in [3.05, 3.63) is 200 Å². The molecule has 0 spiro atoms. The van der Waals surface area contributed by atoms with Gasteiger partial charge < -0.3 is 4.90 Å². The van der Waals surface area contributed by atoms with Gasteiger partial charge in [0.2, 0.25) is 0 Å². The zero-order chi connectivity index (χ0) is 36.3. The van der Waals surface area contributed by atoms with Crippen LogP contribution in [-0.4, -0.2) is 0 Å². The van der Waals surface area contributed by atoms with Crippen LogP contribution in [0.1, 0.15) is 0 Å². The molecular weight excluding hydrogens is 703 g/mol. The summed E-state index contributed by atoms with van der Waals surface area (Å²) in [6.45, 7) is 0. The molecule has 0 unspecified atom stereocenters. The van der Waals surface area contributed by atoms with Crippen LogP contribution in [0.3, 0.4) is 0 Å². The SMILES string of the molecule is c1cc(-c2cccc(N(c3ccc(-c4ccc5sc6ccccc6c5c4)cc3)c3ccc4c(c3)sc3ccccc34)c2)cc(-c2cccc3ccccc23)c1. The summed E-state index contributed by atoms with van der Waals surface area (Å²) in [4.78, 5) is 2.40. The monoisotopic (exact) mass is 735 g/mol. The van der Waals surface area contributed by atoms with Crippen LogP contribution in [0.25, 0.3) is 84.5 Å². The van der Waals surface area contributed by atoms with Crippen molar-refractivity contribution in [2.24, 2.45) is 0 Å². The van der Waals surface area contributed by atoms with Gasteiger partial charge in [0.25, 0.3) is 0 Å². The van der Waals surface area contributed by atoms with Crippen molar-refractivity contribution in [1.29, 1.82) is 0 Å². The maximum absolute atomic E-state index is 2.40. The van der Waals surface area contributed by atoms with Gasteiger partial charge in [-0.2, -0.15) is 0 Å². The molecule has 0 atom stereocenters. The van der Waals surface area contributed by atoms with Crippen LogP contribution in [0.2, 0.25) is 0 Å². The van der Waals surface area contributed by atoms with Crippen molar-refractivity contribution in [3.63, 3.8) is 0 Å². The molecule has 55 heavy (non-hydrogen) atoms. The molecule has 2 aromatic heterocycles. The average Bonchev–Trinajstić information content (AvgIpc) is 3.82. The smallest absolute Gasteiger partial charge is 0.0476 e. The Hall–Kier alpha value is -6.52. The van der Waals surface area contributed by atoms with E-state index >= 15 is 0 Å². The molecule has 0 N–H and O–H groups in total. The number of hydrogen-bond acceptors (Lipinski definition) is 3. The third kappa shape index (κ3) is 5.60. The fourth-order valence-corrected chi connectivity index (χ4v) is 10.4. The van der Waals surface area contributed by atoms with E-state index in [0.717, 1.165) is 17.1 Å². The Balaban J connectivity index is 1.02. The lowest BCUT2D eigenvalue weighted by Gasteiger charge is -2.26. The topological polar surface area (TPSA) is 3.24 Å². The summed E-state index contributed by atoms with van der Waals surface area (Å²) in [7, 11) is 0. The maximum atomic E-state index is 2.40. The van der Waals surface area contributed by atoms with E-state index in [1.54, 1.807) is 0 Å². The first-order valence-electron chi connectivity index (χ1n) is 18.7. The van der Waals surface area contributed by atoms with Gasteiger partial charge in [-0.3, -0.25) is 0 Å². The molecular formula is C52H33NS2. The fraction of sp³-hybridized carbons (Fsp3) is 0. The first-order valence-corrected chi connectivity index (χ1v) is 20.3. The molecule has 1 nitrogen and oxygen atoms in total. The number of anilines is 3. The van der Waals surface area contributed by atoms with Gasteiger partial charge in [-0.1, -0.05) is 133 Å². The highest BCUT2D eigenvalue weighted by Gasteiger charge is 2.17. The lowest BCUT2D eigenvalue weighted by Crippen LogP contribution is -2.09. The summed E-state index contributed by atoms with van der Waals surface area (Å²) in [6.07, 6.45) is 0. The minimum absolute atomic E-state index is 1.12. The molecule has 0 aliphatic carbocycles. The molecule has 0 saturated carbocycles. The predicted molar refractivity (Wildman–Crippen MR) is 241 cm³/mol. The number of fused-ring (bicyclic) bond motifs is 7. The molecule has 3 heteroatoms. The Labute approximate surface area is 327 Å². The molecule has 0 amide bonds. The summed E-state index contributed by atoms with van der Waals surface area (Å²) in [5.41, 5.74) is 10.7. The Kier molecular flexibility index (Phi) is 7.61. The highest BCUT2D eigenvalue weighted by molar-refractivity contribution is 7.26. The van der Waals surface area contributed by atoms with E-state index in [2.05, 4.69) is 205 Å². The molecule has 9 aromatic carbocycles. The Morgan fingerprint density at radius 3 is 1.65 bits per heavy atom.